The Morgan fingerprint density at radius 2 is 1.55 bits per heavy atom. The van der Waals surface area contributed by atoms with E-state index in [1.165, 1.54) is 26.0 Å². The van der Waals surface area contributed by atoms with E-state index in [2.05, 4.69) is 5.32 Å². The van der Waals surface area contributed by atoms with Gasteiger partial charge < -0.3 is 10.2 Å². The summed E-state index contributed by atoms with van der Waals surface area (Å²) in [7, 11) is 0. The number of rotatable bonds is 5. The van der Waals surface area contributed by atoms with E-state index in [9.17, 15) is 35.9 Å². The molecule has 4 rings (SSSR count). The Morgan fingerprint density at radius 1 is 0.900 bits per heavy atom. The average Bonchev–Trinajstić information content (AvgIpc) is 3.03. The maximum absolute atomic E-state index is 13.5. The highest BCUT2D eigenvalue weighted by Crippen LogP contribution is 2.40. The average molecular weight is 560 g/mol. The van der Waals surface area contributed by atoms with Crippen molar-refractivity contribution in [1.82, 2.24) is 4.90 Å². The first-order valence-corrected chi connectivity index (χ1v) is 11.9. The van der Waals surface area contributed by atoms with E-state index in [0.717, 1.165) is 34.7 Å². The minimum atomic E-state index is -4.92. The van der Waals surface area contributed by atoms with Crippen LogP contribution in [0.2, 0.25) is 0 Å². The first kappa shape index (κ1) is 28.5. The van der Waals surface area contributed by atoms with Crippen molar-refractivity contribution in [2.75, 3.05) is 10.2 Å². The van der Waals surface area contributed by atoms with Crippen LogP contribution in [0.25, 0.3) is 0 Å². The standard InChI is InChI=1S/C28H22F6N4O2/c1-16-4-9-20(10-5-16)36-23-12-19(27(29,30)31)8-6-18(23)15-37-25(40)38(24(39)26(37,2)3)21-11-7-17(14-35)22(13-21)28(32,33)34/h4-13,36H,15H2,1-3H3. The van der Waals surface area contributed by atoms with Crippen molar-refractivity contribution in [1.29, 1.82) is 5.26 Å². The summed E-state index contributed by atoms with van der Waals surface area (Å²) in [5.74, 6) is -0.838. The molecule has 12 heteroatoms. The molecule has 0 atom stereocenters. The lowest BCUT2D eigenvalue weighted by Gasteiger charge is -2.29. The second-order valence-corrected chi connectivity index (χ2v) is 9.77. The third-order valence-electron chi connectivity index (χ3n) is 6.61. The molecule has 3 aromatic rings. The van der Waals surface area contributed by atoms with Gasteiger partial charge >= 0.3 is 18.4 Å². The molecule has 3 aromatic carbocycles. The number of nitriles is 1. The Balaban J connectivity index is 1.74. The molecule has 208 valence electrons. The fraction of sp³-hybridized carbons (Fsp3) is 0.250. The molecule has 0 saturated carbocycles. The summed E-state index contributed by atoms with van der Waals surface area (Å²) in [4.78, 5) is 28.4. The van der Waals surface area contributed by atoms with Gasteiger partial charge in [0.1, 0.15) is 5.54 Å². The molecule has 0 aromatic heterocycles. The largest absolute Gasteiger partial charge is 0.417 e. The summed E-state index contributed by atoms with van der Waals surface area (Å²) < 4.78 is 81.1. The predicted molar refractivity (Wildman–Crippen MR) is 135 cm³/mol. The molecule has 40 heavy (non-hydrogen) atoms. The van der Waals surface area contributed by atoms with Crippen molar-refractivity contribution in [2.45, 2.75) is 45.2 Å². The Kier molecular flexibility index (Phi) is 7.04. The van der Waals surface area contributed by atoms with Crippen LogP contribution >= 0.6 is 0 Å². The molecule has 0 aliphatic carbocycles. The number of alkyl halides is 6. The number of imide groups is 1. The second kappa shape index (κ2) is 9.89. The van der Waals surface area contributed by atoms with Crippen LogP contribution in [0.5, 0.6) is 0 Å². The van der Waals surface area contributed by atoms with Crippen LogP contribution in [0.3, 0.4) is 0 Å². The highest BCUT2D eigenvalue weighted by Gasteiger charge is 2.52. The van der Waals surface area contributed by atoms with E-state index in [0.29, 0.717) is 16.7 Å². The Hall–Kier alpha value is -4.53. The monoisotopic (exact) mass is 560 g/mol. The lowest BCUT2D eigenvalue weighted by Crippen LogP contribution is -2.43. The number of urea groups is 1. The van der Waals surface area contributed by atoms with Gasteiger partial charge in [0, 0.05) is 11.4 Å². The summed E-state index contributed by atoms with van der Waals surface area (Å²) in [6, 6.07) is 12.7. The maximum Gasteiger partial charge on any atom is 0.417 e. The number of hydrogen-bond acceptors (Lipinski definition) is 4. The van der Waals surface area contributed by atoms with Gasteiger partial charge in [-0.2, -0.15) is 31.6 Å². The van der Waals surface area contributed by atoms with Crippen LogP contribution in [-0.2, 0) is 23.7 Å². The van der Waals surface area contributed by atoms with Gasteiger partial charge in [-0.25, -0.2) is 9.69 Å². The first-order valence-electron chi connectivity index (χ1n) is 11.9. The van der Waals surface area contributed by atoms with E-state index in [-0.39, 0.29) is 23.5 Å². The number of carbonyl (C=O) groups excluding carboxylic acids is 2. The lowest BCUT2D eigenvalue weighted by atomic mass is 10.0. The van der Waals surface area contributed by atoms with E-state index >= 15 is 0 Å². The maximum atomic E-state index is 13.5. The fourth-order valence-electron chi connectivity index (χ4n) is 4.30. The fourth-order valence-corrected chi connectivity index (χ4v) is 4.30. The molecule has 0 radical (unpaired) electrons. The van der Waals surface area contributed by atoms with Crippen molar-refractivity contribution in [3.05, 3.63) is 88.5 Å². The molecule has 6 nitrogen and oxygen atoms in total. The van der Waals surface area contributed by atoms with Gasteiger partial charge in [0.05, 0.1) is 35.0 Å². The second-order valence-electron chi connectivity index (χ2n) is 9.77. The molecule has 0 unspecified atom stereocenters. The molecule has 1 fully saturated rings. The Morgan fingerprint density at radius 3 is 2.12 bits per heavy atom. The van der Waals surface area contributed by atoms with Crippen LogP contribution in [0.15, 0.2) is 60.7 Å². The molecule has 0 spiro atoms. The number of aryl methyl sites for hydroxylation is 1. The zero-order valence-corrected chi connectivity index (χ0v) is 21.4. The number of carbonyl (C=O) groups is 2. The van der Waals surface area contributed by atoms with Crippen molar-refractivity contribution in [3.8, 4) is 6.07 Å². The van der Waals surface area contributed by atoms with Crippen LogP contribution in [0, 0.1) is 18.3 Å². The number of anilines is 3. The molecule has 1 aliphatic heterocycles. The number of hydrogen-bond donors (Lipinski definition) is 1. The number of nitrogens with zero attached hydrogens (tertiary/aromatic N) is 3. The molecule has 1 N–H and O–H groups in total. The molecule has 3 amide bonds. The molecular formula is C28H22F6N4O2. The van der Waals surface area contributed by atoms with E-state index in [1.807, 2.05) is 6.92 Å². The molecule has 0 bridgehead atoms. The van der Waals surface area contributed by atoms with E-state index < -0.39 is 46.5 Å². The van der Waals surface area contributed by atoms with Crippen molar-refractivity contribution in [2.24, 2.45) is 0 Å². The Labute approximate surface area is 225 Å². The van der Waals surface area contributed by atoms with Gasteiger partial charge in [-0.3, -0.25) is 4.79 Å². The van der Waals surface area contributed by atoms with Crippen LogP contribution in [0.1, 0.15) is 41.7 Å². The van der Waals surface area contributed by atoms with Gasteiger partial charge in [-0.05, 0) is 68.8 Å². The van der Waals surface area contributed by atoms with Crippen LogP contribution in [0.4, 0.5) is 48.2 Å². The zero-order chi connectivity index (χ0) is 29.6. The van der Waals surface area contributed by atoms with Gasteiger partial charge in [-0.15, -0.1) is 0 Å². The van der Waals surface area contributed by atoms with Crippen molar-refractivity contribution >= 4 is 29.0 Å². The summed E-state index contributed by atoms with van der Waals surface area (Å²) >= 11 is 0. The normalized spacial score (nSPS) is 15.4. The van der Waals surface area contributed by atoms with Crippen molar-refractivity contribution in [3.63, 3.8) is 0 Å². The topological polar surface area (TPSA) is 76.4 Å². The van der Waals surface area contributed by atoms with Gasteiger partial charge in [-0.1, -0.05) is 23.8 Å². The van der Waals surface area contributed by atoms with E-state index in [4.69, 9.17) is 5.26 Å². The van der Waals surface area contributed by atoms with Crippen LogP contribution in [-0.4, -0.2) is 22.4 Å². The summed E-state index contributed by atoms with van der Waals surface area (Å²) in [5, 5.41) is 12.0. The third kappa shape index (κ3) is 5.32. The number of halogens is 6. The van der Waals surface area contributed by atoms with Gasteiger partial charge in [0.25, 0.3) is 5.91 Å². The number of benzene rings is 3. The number of nitrogens with one attached hydrogen (secondary N) is 1. The molecular weight excluding hydrogens is 538 g/mol. The smallest absolute Gasteiger partial charge is 0.355 e. The number of amides is 3. The summed E-state index contributed by atoms with van der Waals surface area (Å²) in [6.45, 7) is 4.29. The third-order valence-corrected chi connectivity index (χ3v) is 6.61. The van der Waals surface area contributed by atoms with E-state index in [1.54, 1.807) is 24.3 Å². The minimum Gasteiger partial charge on any atom is -0.355 e. The predicted octanol–water partition coefficient (Wildman–Crippen LogP) is 7.40. The van der Waals surface area contributed by atoms with Crippen molar-refractivity contribution < 1.29 is 35.9 Å². The summed E-state index contributed by atoms with van der Waals surface area (Å²) in [5.41, 5.74) is -3.20. The summed E-state index contributed by atoms with van der Waals surface area (Å²) in [6.07, 6.45) is -9.57. The minimum absolute atomic E-state index is 0.0332. The highest BCUT2D eigenvalue weighted by molar-refractivity contribution is 6.23. The van der Waals surface area contributed by atoms with Gasteiger partial charge in [0.15, 0.2) is 0 Å². The molecule has 1 heterocycles. The zero-order valence-electron chi connectivity index (χ0n) is 21.4. The van der Waals surface area contributed by atoms with Gasteiger partial charge in [0.2, 0.25) is 0 Å². The molecule has 1 aliphatic rings. The first-order chi connectivity index (χ1) is 18.5. The molecule has 1 saturated heterocycles. The lowest BCUT2D eigenvalue weighted by molar-refractivity contribution is -0.138. The SMILES string of the molecule is Cc1ccc(Nc2cc(C(F)(F)F)ccc2CN2C(=O)N(c3ccc(C#N)c(C(F)(F)F)c3)C(=O)C2(C)C)cc1. The highest BCUT2D eigenvalue weighted by atomic mass is 19.4. The Bertz CT molecular complexity index is 1520. The van der Waals surface area contributed by atoms with Crippen LogP contribution < -0.4 is 10.2 Å². The quantitative estimate of drug-likeness (QED) is 0.261.